The molecule has 18 heteroatoms. The number of anilines is 1. The number of alkyl halides is 3. The zero-order chi connectivity index (χ0) is 35.0. The Morgan fingerprint density at radius 2 is 1.74 bits per heavy atom. The summed E-state index contributed by atoms with van der Waals surface area (Å²) in [5.41, 5.74) is -1.86. The molecule has 47 heavy (non-hydrogen) atoms. The Morgan fingerprint density at radius 3 is 2.28 bits per heavy atom. The van der Waals surface area contributed by atoms with Gasteiger partial charge < -0.3 is 25.4 Å². The van der Waals surface area contributed by atoms with Crippen LogP contribution in [0.3, 0.4) is 0 Å². The Morgan fingerprint density at radius 1 is 1.13 bits per heavy atom. The summed E-state index contributed by atoms with van der Waals surface area (Å²) in [5, 5.41) is 44.5. The predicted molar refractivity (Wildman–Crippen MR) is 161 cm³/mol. The number of nitro groups is 1. The van der Waals surface area contributed by atoms with Gasteiger partial charge in [0.2, 0.25) is 5.95 Å². The lowest BCUT2D eigenvalue weighted by Gasteiger charge is -2.21. The van der Waals surface area contributed by atoms with Crippen LogP contribution in [0.15, 0.2) is 30.3 Å². The van der Waals surface area contributed by atoms with Crippen molar-refractivity contribution < 1.29 is 52.5 Å². The van der Waals surface area contributed by atoms with Crippen molar-refractivity contribution in [3.05, 3.63) is 61.6 Å². The highest BCUT2D eigenvalue weighted by atomic mass is 35.5. The number of fused-ring (bicyclic) bond motifs is 1. The molecule has 1 aliphatic heterocycles. The number of carbonyl (C=O) groups excluding carboxylic acids is 3. The minimum Gasteiger partial charge on any atom is -0.394 e. The van der Waals surface area contributed by atoms with Crippen LogP contribution in [0.5, 0.6) is 0 Å². The van der Waals surface area contributed by atoms with Gasteiger partial charge in [0.05, 0.1) is 43.7 Å². The number of hydrogen-bond donors (Lipinski definition) is 4. The number of rotatable bonds is 7. The fraction of sp³-hybridized carbons (Fsp3) is 0.448. The summed E-state index contributed by atoms with van der Waals surface area (Å²) in [7, 11) is 0. The number of benzene rings is 2. The maximum atomic E-state index is 12.6. The average Bonchev–Trinajstić information content (AvgIpc) is 3.46. The molecule has 0 radical (unpaired) electrons. The van der Waals surface area contributed by atoms with Gasteiger partial charge in [0.25, 0.3) is 5.69 Å². The van der Waals surface area contributed by atoms with E-state index in [-0.39, 0.29) is 31.4 Å². The van der Waals surface area contributed by atoms with Crippen LogP contribution in [-0.4, -0.2) is 78.1 Å². The van der Waals surface area contributed by atoms with Gasteiger partial charge in [-0.25, -0.2) is 4.98 Å². The number of ether oxygens (including phenoxy) is 1. The molecule has 0 amide bonds. The maximum Gasteiger partial charge on any atom is 0.416 e. The molecule has 1 aliphatic carbocycles. The molecule has 2 aliphatic rings. The standard InChI is InChI=1S/C15H19Cl2N3O4.C14H10F3NO5/c1-6(2)18-15-19-9-3-7(16)8(17)4-10(9)20(15)14-13(23)12(22)11(5-21)24-14;15-14(16,17)7-4-5-8(9(6-7)18(22)23)13(21)12-10(19)2-1-3-11(12)20/h3-4,6,11-14,21-23H,5H2,1-2H3,(H,18,19);4-6,12H,1-3H2/t11-,12-,13-,14-;/m0./s1. The van der Waals surface area contributed by atoms with Crippen LogP contribution in [-0.2, 0) is 20.5 Å². The third-order valence-electron chi connectivity index (χ3n) is 7.46. The highest BCUT2D eigenvalue weighted by Crippen LogP contribution is 2.38. The van der Waals surface area contributed by atoms with Gasteiger partial charge in [0.15, 0.2) is 23.6 Å². The van der Waals surface area contributed by atoms with Crippen LogP contribution in [0.4, 0.5) is 24.8 Å². The predicted octanol–water partition coefficient (Wildman–Crippen LogP) is 4.51. The number of imidazole rings is 1. The Bertz CT molecular complexity index is 1700. The van der Waals surface area contributed by atoms with Gasteiger partial charge in [-0.2, -0.15) is 13.2 Å². The number of nitrogens with zero attached hydrogens (tertiary/aromatic N) is 3. The molecule has 2 fully saturated rings. The first-order valence-electron chi connectivity index (χ1n) is 14.2. The smallest absolute Gasteiger partial charge is 0.394 e. The van der Waals surface area contributed by atoms with Crippen molar-refractivity contribution in [2.45, 2.75) is 69.9 Å². The van der Waals surface area contributed by atoms with E-state index < -0.39 is 82.3 Å². The summed E-state index contributed by atoms with van der Waals surface area (Å²) in [5.74, 6) is -3.67. The molecule has 0 spiro atoms. The number of Topliss-reactive ketones (excluding diaryl/α,β-unsaturated/α-hetero) is 3. The lowest BCUT2D eigenvalue weighted by atomic mass is 9.81. The molecule has 4 N–H and O–H groups in total. The Hall–Kier alpha value is -3.67. The van der Waals surface area contributed by atoms with Crippen molar-refractivity contribution in [3.63, 3.8) is 0 Å². The van der Waals surface area contributed by atoms with Crippen LogP contribution in [0.2, 0.25) is 10.0 Å². The number of hydrogen-bond acceptors (Lipinski definition) is 11. The SMILES string of the molecule is CC(C)Nc1nc2cc(Cl)c(Cl)cc2n1[C@H]1O[C@@H](CO)[C@H](O)[C@@H]1O.O=C1CCCC(=O)C1C(=O)c1ccc(C(F)(F)F)cc1[N+](=O)[O-]. The normalized spacial score (nSPS) is 22.0. The maximum absolute atomic E-state index is 12.6. The molecule has 5 rings (SSSR count). The van der Waals surface area contributed by atoms with E-state index in [9.17, 15) is 53.0 Å². The van der Waals surface area contributed by atoms with Gasteiger partial charge in [-0.05, 0) is 44.5 Å². The number of aromatic nitrogens is 2. The highest BCUT2D eigenvalue weighted by molar-refractivity contribution is 6.42. The molecule has 13 nitrogen and oxygen atoms in total. The molecular formula is C29H29Cl2F3N4O9. The molecular weight excluding hydrogens is 676 g/mol. The zero-order valence-electron chi connectivity index (χ0n) is 24.7. The Balaban J connectivity index is 0.000000213. The number of nitro benzene ring substituents is 1. The van der Waals surface area contributed by atoms with Crippen molar-refractivity contribution in [3.8, 4) is 0 Å². The molecule has 0 unspecified atom stereocenters. The van der Waals surface area contributed by atoms with Crippen molar-refractivity contribution in [1.29, 1.82) is 0 Å². The van der Waals surface area contributed by atoms with Gasteiger partial charge >= 0.3 is 6.18 Å². The fourth-order valence-electron chi connectivity index (χ4n) is 5.22. The van der Waals surface area contributed by atoms with E-state index in [0.717, 1.165) is 0 Å². The first kappa shape index (κ1) is 36.2. The van der Waals surface area contributed by atoms with Crippen LogP contribution >= 0.6 is 23.2 Å². The molecule has 1 saturated heterocycles. The summed E-state index contributed by atoms with van der Waals surface area (Å²) in [6.45, 7) is 3.49. The Labute approximate surface area is 274 Å². The number of nitrogens with one attached hydrogen (secondary N) is 1. The molecule has 2 heterocycles. The van der Waals surface area contributed by atoms with Crippen molar-refractivity contribution in [2.75, 3.05) is 11.9 Å². The summed E-state index contributed by atoms with van der Waals surface area (Å²) >= 11 is 12.2. The van der Waals surface area contributed by atoms with E-state index in [1.54, 1.807) is 16.7 Å². The van der Waals surface area contributed by atoms with E-state index in [1.165, 1.54) is 0 Å². The summed E-state index contributed by atoms with van der Waals surface area (Å²) < 4.78 is 45.1. The van der Waals surface area contributed by atoms with Crippen LogP contribution < -0.4 is 5.32 Å². The van der Waals surface area contributed by atoms with E-state index in [4.69, 9.17) is 27.9 Å². The first-order valence-corrected chi connectivity index (χ1v) is 14.9. The second kappa shape index (κ2) is 14.2. The summed E-state index contributed by atoms with van der Waals surface area (Å²) in [4.78, 5) is 50.1. The van der Waals surface area contributed by atoms with Gasteiger partial charge in [-0.3, -0.25) is 29.1 Å². The van der Waals surface area contributed by atoms with Crippen molar-refractivity contribution in [2.24, 2.45) is 5.92 Å². The van der Waals surface area contributed by atoms with E-state index >= 15 is 0 Å². The molecule has 3 aromatic rings. The van der Waals surface area contributed by atoms with Crippen molar-refractivity contribution in [1.82, 2.24) is 9.55 Å². The third kappa shape index (κ3) is 7.58. The van der Waals surface area contributed by atoms with Gasteiger partial charge in [0.1, 0.15) is 24.2 Å². The first-order chi connectivity index (χ1) is 22.0. The minimum atomic E-state index is -4.82. The minimum absolute atomic E-state index is 0.0173. The number of carbonyl (C=O) groups is 3. The molecule has 2 aromatic carbocycles. The third-order valence-corrected chi connectivity index (χ3v) is 8.18. The van der Waals surface area contributed by atoms with E-state index in [0.29, 0.717) is 39.2 Å². The van der Waals surface area contributed by atoms with Gasteiger partial charge in [-0.15, -0.1) is 0 Å². The Kier molecular flexibility index (Phi) is 10.9. The fourth-order valence-corrected chi connectivity index (χ4v) is 5.54. The van der Waals surface area contributed by atoms with Gasteiger partial charge in [-0.1, -0.05) is 23.2 Å². The topological polar surface area (TPSA) is 194 Å². The monoisotopic (exact) mass is 704 g/mol. The summed E-state index contributed by atoms with van der Waals surface area (Å²) in [6.07, 6.45) is -8.78. The van der Waals surface area contributed by atoms with Gasteiger partial charge in [0, 0.05) is 24.9 Å². The molecule has 1 aromatic heterocycles. The number of aliphatic hydroxyl groups is 3. The zero-order valence-corrected chi connectivity index (χ0v) is 26.2. The van der Waals surface area contributed by atoms with Crippen molar-refractivity contribution >= 4 is 63.2 Å². The number of ketones is 3. The van der Waals surface area contributed by atoms with E-state index in [2.05, 4.69) is 10.3 Å². The number of aliphatic hydroxyl groups excluding tert-OH is 3. The summed E-state index contributed by atoms with van der Waals surface area (Å²) in [6, 6.07) is 4.71. The molecule has 0 bridgehead atoms. The average molecular weight is 705 g/mol. The highest BCUT2D eigenvalue weighted by Gasteiger charge is 2.45. The molecule has 254 valence electrons. The molecule has 1 saturated carbocycles. The second-order valence-electron chi connectivity index (χ2n) is 11.2. The lowest BCUT2D eigenvalue weighted by Crippen LogP contribution is -2.35. The van der Waals surface area contributed by atoms with Crippen LogP contribution in [0.1, 0.15) is 55.3 Å². The number of halogens is 5. The quantitative estimate of drug-likeness (QED) is 0.117. The van der Waals surface area contributed by atoms with E-state index in [1.807, 2.05) is 13.8 Å². The lowest BCUT2D eigenvalue weighted by molar-refractivity contribution is -0.385. The second-order valence-corrected chi connectivity index (χ2v) is 12.0. The van der Waals surface area contributed by atoms with Crippen LogP contribution in [0.25, 0.3) is 11.0 Å². The largest absolute Gasteiger partial charge is 0.416 e. The molecule has 4 atom stereocenters. The van der Waals surface area contributed by atoms with Crippen LogP contribution in [0, 0.1) is 16.0 Å².